The van der Waals surface area contributed by atoms with Crippen molar-refractivity contribution in [3.05, 3.63) is 28.8 Å². The third-order valence-electron chi connectivity index (χ3n) is 4.92. The molecule has 0 amide bonds. The molecule has 2 aromatic rings. The molecule has 0 saturated carbocycles. The highest BCUT2D eigenvalue weighted by Crippen LogP contribution is 2.26. The molecular weight excluding hydrogens is 346 g/mol. The van der Waals surface area contributed by atoms with Gasteiger partial charge in [-0.25, -0.2) is 9.97 Å². The normalized spacial score (nSPS) is 18.9. The first-order valence-corrected chi connectivity index (χ1v) is 10.3. The van der Waals surface area contributed by atoms with E-state index >= 15 is 0 Å². The molecule has 0 bridgehead atoms. The number of morpholine rings is 1. The zero-order valence-electron chi connectivity index (χ0n) is 15.4. The van der Waals surface area contributed by atoms with Crippen LogP contribution in [-0.4, -0.2) is 54.3 Å². The fourth-order valence-corrected chi connectivity index (χ4v) is 4.22. The lowest BCUT2D eigenvalue weighted by atomic mass is 10.1. The van der Waals surface area contributed by atoms with Gasteiger partial charge in [0.05, 0.1) is 13.2 Å². The van der Waals surface area contributed by atoms with Crippen molar-refractivity contribution in [3.8, 4) is 0 Å². The third-order valence-corrected chi connectivity index (χ3v) is 5.75. The number of anilines is 3. The molecule has 0 aliphatic carbocycles. The molecule has 0 radical (unpaired) electrons. The van der Waals surface area contributed by atoms with Crippen LogP contribution in [-0.2, 0) is 11.3 Å². The Bertz CT molecular complexity index is 722. The summed E-state index contributed by atoms with van der Waals surface area (Å²) in [6.45, 7) is 8.86. The lowest BCUT2D eigenvalue weighted by Gasteiger charge is -2.30. The molecule has 2 fully saturated rings. The number of pyridine rings is 1. The number of hydrogen-bond donors (Lipinski definition) is 1. The zero-order chi connectivity index (χ0) is 17.8. The maximum atomic E-state index is 5.48. The first-order valence-electron chi connectivity index (χ1n) is 9.52. The molecule has 0 spiro atoms. The number of nitrogens with one attached hydrogen (secondary N) is 1. The van der Waals surface area contributed by atoms with E-state index in [1.54, 1.807) is 11.3 Å². The molecule has 2 aromatic heterocycles. The average molecular weight is 374 g/mol. The number of aromatic nitrogens is 2. The number of ether oxygens (including phenoxy) is 1. The van der Waals surface area contributed by atoms with E-state index in [0.29, 0.717) is 0 Å². The first kappa shape index (κ1) is 17.7. The Labute approximate surface area is 159 Å². The minimum Gasteiger partial charge on any atom is -0.379 e. The quantitative estimate of drug-likeness (QED) is 0.867. The highest BCUT2D eigenvalue weighted by molar-refractivity contribution is 7.15. The molecule has 2 aliphatic rings. The van der Waals surface area contributed by atoms with Crippen LogP contribution in [0.5, 0.6) is 0 Å². The number of aryl methyl sites for hydroxylation is 1. The predicted molar refractivity (Wildman–Crippen MR) is 107 cm³/mol. The fourth-order valence-electron chi connectivity index (χ4n) is 3.55. The Hall–Kier alpha value is -1.70. The molecular formula is C19H27N5OS. The van der Waals surface area contributed by atoms with Gasteiger partial charge < -0.3 is 15.0 Å². The van der Waals surface area contributed by atoms with Gasteiger partial charge in [0.15, 0.2) is 5.13 Å². The van der Waals surface area contributed by atoms with E-state index in [1.165, 1.54) is 29.7 Å². The van der Waals surface area contributed by atoms with Crippen LogP contribution in [0.4, 0.5) is 16.8 Å². The first-order chi connectivity index (χ1) is 12.8. The highest BCUT2D eigenvalue weighted by Gasteiger charge is 2.17. The van der Waals surface area contributed by atoms with Gasteiger partial charge in [0, 0.05) is 43.8 Å². The van der Waals surface area contributed by atoms with Gasteiger partial charge in [0.1, 0.15) is 11.6 Å². The van der Waals surface area contributed by atoms with Crippen molar-refractivity contribution in [2.45, 2.75) is 32.7 Å². The van der Waals surface area contributed by atoms with Crippen LogP contribution in [0.1, 0.15) is 29.7 Å². The molecule has 2 aliphatic heterocycles. The summed E-state index contributed by atoms with van der Waals surface area (Å²) in [6.07, 6.45) is 5.73. The smallest absolute Gasteiger partial charge is 0.188 e. The van der Waals surface area contributed by atoms with Gasteiger partial charge in [-0.1, -0.05) is 0 Å². The number of piperidine rings is 1. The molecule has 0 unspecified atom stereocenters. The SMILES string of the molecule is Cc1cnc(Nc2cc(CN3CCOCC3)cc(N3CCCCC3)n2)s1. The highest BCUT2D eigenvalue weighted by atomic mass is 32.1. The number of thiazole rings is 1. The van der Waals surface area contributed by atoms with Crippen molar-refractivity contribution >= 4 is 28.1 Å². The molecule has 2 saturated heterocycles. The van der Waals surface area contributed by atoms with E-state index in [2.05, 4.69) is 39.2 Å². The van der Waals surface area contributed by atoms with Gasteiger partial charge >= 0.3 is 0 Å². The van der Waals surface area contributed by atoms with Gasteiger partial charge in [-0.3, -0.25) is 4.90 Å². The van der Waals surface area contributed by atoms with Crippen LogP contribution in [0.3, 0.4) is 0 Å². The maximum absolute atomic E-state index is 5.48. The van der Waals surface area contributed by atoms with Crippen LogP contribution < -0.4 is 10.2 Å². The standard InChI is InChI=1S/C19H27N5OS/c1-15-13-20-19(26-15)22-17-11-16(14-23-7-9-25-10-8-23)12-18(21-17)24-5-3-2-4-6-24/h11-13H,2-10,14H2,1H3,(H,20,21,22). The number of hydrogen-bond acceptors (Lipinski definition) is 7. The largest absolute Gasteiger partial charge is 0.379 e. The van der Waals surface area contributed by atoms with Crippen LogP contribution in [0.2, 0.25) is 0 Å². The van der Waals surface area contributed by atoms with Gasteiger partial charge in [-0.05, 0) is 43.9 Å². The van der Waals surface area contributed by atoms with E-state index in [1.807, 2.05) is 6.20 Å². The molecule has 4 rings (SSSR count). The molecule has 26 heavy (non-hydrogen) atoms. The molecule has 0 aromatic carbocycles. The van der Waals surface area contributed by atoms with E-state index in [4.69, 9.17) is 9.72 Å². The van der Waals surface area contributed by atoms with Crippen molar-refractivity contribution in [1.29, 1.82) is 0 Å². The third kappa shape index (κ3) is 4.52. The monoisotopic (exact) mass is 373 g/mol. The van der Waals surface area contributed by atoms with Crippen LogP contribution in [0.15, 0.2) is 18.3 Å². The molecule has 4 heterocycles. The van der Waals surface area contributed by atoms with Crippen LogP contribution in [0, 0.1) is 6.92 Å². The second-order valence-corrected chi connectivity index (χ2v) is 8.29. The summed E-state index contributed by atoms with van der Waals surface area (Å²) < 4.78 is 5.48. The van der Waals surface area contributed by atoms with Crippen LogP contribution in [0.25, 0.3) is 0 Å². The average Bonchev–Trinajstić information content (AvgIpc) is 3.08. The lowest BCUT2D eigenvalue weighted by Crippen LogP contribution is -2.36. The Morgan fingerprint density at radius 3 is 2.65 bits per heavy atom. The van der Waals surface area contributed by atoms with Gasteiger partial charge in [0.25, 0.3) is 0 Å². The predicted octanol–water partition coefficient (Wildman–Crippen LogP) is 3.41. The summed E-state index contributed by atoms with van der Waals surface area (Å²) in [5.74, 6) is 1.98. The fraction of sp³-hybridized carbons (Fsp3) is 0.579. The summed E-state index contributed by atoms with van der Waals surface area (Å²) >= 11 is 1.66. The second kappa shape index (κ2) is 8.33. The Kier molecular flexibility index (Phi) is 5.67. The summed E-state index contributed by atoms with van der Waals surface area (Å²) in [5.41, 5.74) is 1.30. The molecule has 7 heteroatoms. The topological polar surface area (TPSA) is 53.5 Å². The molecule has 1 N–H and O–H groups in total. The van der Waals surface area contributed by atoms with Crippen molar-refractivity contribution in [1.82, 2.24) is 14.9 Å². The van der Waals surface area contributed by atoms with Crippen molar-refractivity contribution < 1.29 is 4.74 Å². The van der Waals surface area contributed by atoms with Gasteiger partial charge in [-0.2, -0.15) is 0 Å². The van der Waals surface area contributed by atoms with E-state index in [-0.39, 0.29) is 0 Å². The zero-order valence-corrected chi connectivity index (χ0v) is 16.2. The Morgan fingerprint density at radius 1 is 1.12 bits per heavy atom. The summed E-state index contributed by atoms with van der Waals surface area (Å²) in [4.78, 5) is 15.4. The minimum absolute atomic E-state index is 0.827. The Balaban J connectivity index is 1.57. The second-order valence-electron chi connectivity index (χ2n) is 7.06. The molecule has 140 valence electrons. The minimum atomic E-state index is 0.827. The van der Waals surface area contributed by atoms with Crippen LogP contribution >= 0.6 is 11.3 Å². The van der Waals surface area contributed by atoms with Crippen molar-refractivity contribution in [3.63, 3.8) is 0 Å². The lowest BCUT2D eigenvalue weighted by molar-refractivity contribution is 0.0342. The van der Waals surface area contributed by atoms with E-state index in [9.17, 15) is 0 Å². The molecule has 6 nitrogen and oxygen atoms in total. The van der Waals surface area contributed by atoms with Gasteiger partial charge in [-0.15, -0.1) is 11.3 Å². The Morgan fingerprint density at radius 2 is 1.92 bits per heavy atom. The van der Waals surface area contributed by atoms with E-state index in [0.717, 1.165) is 62.7 Å². The van der Waals surface area contributed by atoms with Gasteiger partial charge in [0.2, 0.25) is 0 Å². The van der Waals surface area contributed by atoms with E-state index < -0.39 is 0 Å². The van der Waals surface area contributed by atoms with Crippen molar-refractivity contribution in [2.24, 2.45) is 0 Å². The number of rotatable bonds is 5. The number of nitrogens with zero attached hydrogens (tertiary/aromatic N) is 4. The summed E-state index contributed by atoms with van der Waals surface area (Å²) in [6, 6.07) is 4.43. The summed E-state index contributed by atoms with van der Waals surface area (Å²) in [7, 11) is 0. The van der Waals surface area contributed by atoms with Crippen molar-refractivity contribution in [2.75, 3.05) is 49.6 Å². The maximum Gasteiger partial charge on any atom is 0.188 e. The molecule has 0 atom stereocenters. The summed E-state index contributed by atoms with van der Waals surface area (Å²) in [5, 5.41) is 4.31.